The number of nitrogens with one attached hydrogen (secondary N) is 2. The highest BCUT2D eigenvalue weighted by molar-refractivity contribution is 14.0. The fourth-order valence-electron chi connectivity index (χ4n) is 2.59. The van der Waals surface area contributed by atoms with Gasteiger partial charge in [-0.15, -0.1) is 24.0 Å². The second-order valence-electron chi connectivity index (χ2n) is 6.67. The van der Waals surface area contributed by atoms with Crippen molar-refractivity contribution < 1.29 is 14.3 Å². The van der Waals surface area contributed by atoms with Crippen molar-refractivity contribution in [3.63, 3.8) is 0 Å². The van der Waals surface area contributed by atoms with Crippen LogP contribution in [0.5, 0.6) is 11.5 Å². The standard InChI is InChI=1S/C22H30N4O3.HI/c1-4-24-22(25-13-17(3)29-20-11-6-5-8-16(20)2)26-14-18-9-7-10-19(12-18)28-15-21(23)27;/h5-12,17H,4,13-15H2,1-3H3,(H2,23,27)(H2,24,25,26);1H. The summed E-state index contributed by atoms with van der Waals surface area (Å²) in [6.07, 6.45) is -0.0227. The Balaban J connectivity index is 0.00000450. The van der Waals surface area contributed by atoms with Gasteiger partial charge in [0.25, 0.3) is 5.91 Å². The summed E-state index contributed by atoms with van der Waals surface area (Å²) in [7, 11) is 0. The van der Waals surface area contributed by atoms with Gasteiger partial charge in [0, 0.05) is 6.54 Å². The number of aryl methyl sites for hydroxylation is 1. The Kier molecular flexibility index (Phi) is 11.7. The Morgan fingerprint density at radius 2 is 1.93 bits per heavy atom. The summed E-state index contributed by atoms with van der Waals surface area (Å²) in [4.78, 5) is 15.5. The van der Waals surface area contributed by atoms with Crippen LogP contribution in [0.15, 0.2) is 53.5 Å². The monoisotopic (exact) mass is 526 g/mol. The highest BCUT2D eigenvalue weighted by atomic mass is 127. The molecule has 0 radical (unpaired) electrons. The minimum absolute atomic E-state index is 0. The maximum atomic E-state index is 10.9. The van der Waals surface area contributed by atoms with Crippen molar-refractivity contribution in [2.75, 3.05) is 19.7 Å². The lowest BCUT2D eigenvalue weighted by Gasteiger charge is -2.18. The summed E-state index contributed by atoms with van der Waals surface area (Å²) in [5, 5.41) is 6.54. The predicted molar refractivity (Wildman–Crippen MR) is 131 cm³/mol. The molecule has 0 aliphatic carbocycles. The van der Waals surface area contributed by atoms with Gasteiger partial charge in [0.15, 0.2) is 12.6 Å². The highest BCUT2D eigenvalue weighted by Gasteiger charge is 2.07. The average Bonchev–Trinajstić information content (AvgIpc) is 2.70. The minimum Gasteiger partial charge on any atom is -0.489 e. The van der Waals surface area contributed by atoms with Gasteiger partial charge in [-0.2, -0.15) is 0 Å². The van der Waals surface area contributed by atoms with Crippen LogP contribution < -0.4 is 25.8 Å². The van der Waals surface area contributed by atoms with E-state index in [0.717, 1.165) is 23.4 Å². The van der Waals surface area contributed by atoms with E-state index in [1.54, 1.807) is 6.07 Å². The normalized spacial score (nSPS) is 11.8. The minimum atomic E-state index is -0.505. The first-order valence-electron chi connectivity index (χ1n) is 9.72. The first kappa shape index (κ1) is 25.5. The van der Waals surface area contributed by atoms with Gasteiger partial charge < -0.3 is 25.8 Å². The molecular formula is C22H31IN4O3. The van der Waals surface area contributed by atoms with E-state index in [1.807, 2.05) is 63.2 Å². The van der Waals surface area contributed by atoms with Gasteiger partial charge in [-0.25, -0.2) is 4.99 Å². The fourth-order valence-corrected chi connectivity index (χ4v) is 2.59. The lowest BCUT2D eigenvalue weighted by atomic mass is 10.2. The molecule has 0 aliphatic rings. The number of nitrogens with zero attached hydrogens (tertiary/aromatic N) is 1. The van der Waals surface area contributed by atoms with Gasteiger partial charge in [-0.05, 0) is 50.1 Å². The molecule has 164 valence electrons. The number of hydrogen-bond donors (Lipinski definition) is 3. The largest absolute Gasteiger partial charge is 0.489 e. The van der Waals surface area contributed by atoms with Crippen LogP contribution >= 0.6 is 24.0 Å². The van der Waals surface area contributed by atoms with Crippen molar-refractivity contribution in [2.45, 2.75) is 33.4 Å². The van der Waals surface area contributed by atoms with E-state index in [0.29, 0.717) is 24.8 Å². The number of halogens is 1. The van der Waals surface area contributed by atoms with Crippen molar-refractivity contribution in [1.29, 1.82) is 0 Å². The first-order chi connectivity index (χ1) is 14.0. The van der Waals surface area contributed by atoms with E-state index in [2.05, 4.69) is 15.6 Å². The van der Waals surface area contributed by atoms with Crippen LogP contribution in [-0.2, 0) is 11.3 Å². The summed E-state index contributed by atoms with van der Waals surface area (Å²) in [6, 6.07) is 15.4. The Morgan fingerprint density at radius 1 is 1.17 bits per heavy atom. The predicted octanol–water partition coefficient (Wildman–Crippen LogP) is 3.00. The zero-order valence-electron chi connectivity index (χ0n) is 17.7. The number of ether oxygens (including phenoxy) is 2. The second kappa shape index (κ2) is 13.7. The molecule has 2 rings (SSSR count). The third-order valence-electron chi connectivity index (χ3n) is 4.02. The fraction of sp³-hybridized carbons (Fsp3) is 0.364. The number of carbonyl (C=O) groups excluding carboxylic acids is 1. The topological polar surface area (TPSA) is 98.0 Å². The summed E-state index contributed by atoms with van der Waals surface area (Å²) in [6.45, 7) is 7.75. The Bertz CT molecular complexity index is 830. The van der Waals surface area contributed by atoms with E-state index in [4.69, 9.17) is 15.2 Å². The van der Waals surface area contributed by atoms with Crippen LogP contribution in [-0.4, -0.2) is 37.7 Å². The molecule has 2 aromatic carbocycles. The number of aliphatic imine (C=N–C) groups is 1. The van der Waals surface area contributed by atoms with Crippen molar-refractivity contribution in [3.8, 4) is 11.5 Å². The Morgan fingerprint density at radius 3 is 2.63 bits per heavy atom. The van der Waals surface area contributed by atoms with E-state index in [9.17, 15) is 4.79 Å². The molecule has 1 atom stereocenters. The molecular weight excluding hydrogens is 495 g/mol. The molecule has 0 saturated heterocycles. The summed E-state index contributed by atoms with van der Waals surface area (Å²) >= 11 is 0. The van der Waals surface area contributed by atoms with Gasteiger partial charge in [-0.3, -0.25) is 4.79 Å². The number of nitrogens with two attached hydrogens (primary N) is 1. The Hall–Kier alpha value is -2.49. The molecule has 4 N–H and O–H groups in total. The van der Waals surface area contributed by atoms with Crippen LogP contribution in [0.25, 0.3) is 0 Å². The zero-order chi connectivity index (χ0) is 21.1. The van der Waals surface area contributed by atoms with Crippen LogP contribution in [0, 0.1) is 6.92 Å². The molecule has 1 unspecified atom stereocenters. The molecule has 0 aliphatic heterocycles. The third-order valence-corrected chi connectivity index (χ3v) is 4.02. The quantitative estimate of drug-likeness (QED) is 0.251. The molecule has 30 heavy (non-hydrogen) atoms. The highest BCUT2D eigenvalue weighted by Crippen LogP contribution is 2.17. The number of benzene rings is 2. The molecule has 0 bridgehead atoms. The number of guanidine groups is 1. The third kappa shape index (κ3) is 9.34. The van der Waals surface area contributed by atoms with Crippen LogP contribution in [0.2, 0.25) is 0 Å². The lowest BCUT2D eigenvalue weighted by Crippen LogP contribution is -2.41. The Labute approximate surface area is 195 Å². The number of primary amides is 1. The smallest absolute Gasteiger partial charge is 0.255 e. The first-order valence-corrected chi connectivity index (χ1v) is 9.72. The SMILES string of the molecule is CCNC(=NCc1cccc(OCC(N)=O)c1)NCC(C)Oc1ccccc1C.I. The van der Waals surface area contributed by atoms with Gasteiger partial charge in [0.05, 0.1) is 13.1 Å². The van der Waals surface area contributed by atoms with Crippen molar-refractivity contribution in [3.05, 3.63) is 59.7 Å². The molecule has 8 heteroatoms. The van der Waals surface area contributed by atoms with Crippen LogP contribution in [0.4, 0.5) is 0 Å². The van der Waals surface area contributed by atoms with Gasteiger partial charge in [0.2, 0.25) is 0 Å². The van der Waals surface area contributed by atoms with Gasteiger partial charge >= 0.3 is 0 Å². The molecule has 0 spiro atoms. The number of hydrogen-bond acceptors (Lipinski definition) is 4. The number of amides is 1. The van der Waals surface area contributed by atoms with E-state index >= 15 is 0 Å². The van der Waals surface area contributed by atoms with Crippen LogP contribution in [0.1, 0.15) is 25.0 Å². The van der Waals surface area contributed by atoms with Gasteiger partial charge in [-0.1, -0.05) is 30.3 Å². The molecule has 1 amide bonds. The zero-order valence-corrected chi connectivity index (χ0v) is 20.0. The number of carbonyl (C=O) groups is 1. The van der Waals surface area contributed by atoms with E-state index < -0.39 is 5.91 Å². The lowest BCUT2D eigenvalue weighted by molar-refractivity contribution is -0.119. The van der Waals surface area contributed by atoms with E-state index in [-0.39, 0.29) is 36.7 Å². The molecule has 0 fully saturated rings. The summed E-state index contributed by atoms with van der Waals surface area (Å²) in [5.74, 6) is 1.68. The average molecular weight is 526 g/mol. The van der Waals surface area contributed by atoms with Crippen molar-refractivity contribution in [1.82, 2.24) is 10.6 Å². The summed E-state index contributed by atoms with van der Waals surface area (Å²) < 4.78 is 11.3. The molecule has 0 aromatic heterocycles. The molecule has 0 saturated carbocycles. The maximum absolute atomic E-state index is 10.9. The van der Waals surface area contributed by atoms with Crippen LogP contribution in [0.3, 0.4) is 0 Å². The maximum Gasteiger partial charge on any atom is 0.255 e. The summed E-state index contributed by atoms with van der Waals surface area (Å²) in [5.41, 5.74) is 7.19. The molecule has 7 nitrogen and oxygen atoms in total. The molecule has 2 aromatic rings. The number of para-hydroxylation sites is 1. The molecule has 0 heterocycles. The van der Waals surface area contributed by atoms with Crippen molar-refractivity contribution >= 4 is 35.8 Å². The number of rotatable bonds is 10. The van der Waals surface area contributed by atoms with Gasteiger partial charge in [0.1, 0.15) is 17.6 Å². The van der Waals surface area contributed by atoms with E-state index in [1.165, 1.54) is 0 Å². The second-order valence-corrected chi connectivity index (χ2v) is 6.67. The van der Waals surface area contributed by atoms with Crippen molar-refractivity contribution in [2.24, 2.45) is 10.7 Å².